The van der Waals surface area contributed by atoms with Crippen molar-refractivity contribution in [2.75, 3.05) is 32.9 Å². The van der Waals surface area contributed by atoms with Crippen LogP contribution >= 0.6 is 0 Å². The summed E-state index contributed by atoms with van der Waals surface area (Å²) in [6.45, 7) is 3.07. The van der Waals surface area contributed by atoms with Crippen LogP contribution in [0.3, 0.4) is 0 Å². The molecule has 0 radical (unpaired) electrons. The molecule has 3 rings (SSSR count). The highest BCUT2D eigenvalue weighted by Gasteiger charge is 2.42. The van der Waals surface area contributed by atoms with Crippen molar-refractivity contribution in [2.24, 2.45) is 0 Å². The molecule has 1 atom stereocenters. The van der Waals surface area contributed by atoms with Gasteiger partial charge in [-0.3, -0.25) is 0 Å². The maximum absolute atomic E-state index is 11.9. The smallest absolute Gasteiger partial charge is 0.314 e. The first-order valence-electron chi connectivity index (χ1n) is 9.35. The van der Waals surface area contributed by atoms with Gasteiger partial charge in [0.15, 0.2) is 5.79 Å². The van der Waals surface area contributed by atoms with E-state index in [1.165, 1.54) is 37.7 Å². The average Bonchev–Trinajstić information content (AvgIpc) is 2.81. The van der Waals surface area contributed by atoms with Crippen molar-refractivity contribution >= 4 is 6.03 Å². The lowest BCUT2D eigenvalue weighted by Gasteiger charge is -2.31. The molecule has 0 bridgehead atoms. The lowest BCUT2D eigenvalue weighted by Crippen LogP contribution is -2.42. The summed E-state index contributed by atoms with van der Waals surface area (Å²) in [5.74, 6) is -0.479. The number of amides is 2. The highest BCUT2D eigenvalue weighted by Crippen LogP contribution is 2.32. The molecular weight excluding hydrogens is 308 g/mol. The molecule has 0 saturated carbocycles. The van der Waals surface area contributed by atoms with E-state index in [1.54, 1.807) is 0 Å². The summed E-state index contributed by atoms with van der Waals surface area (Å²) >= 11 is 0. The molecule has 24 heavy (non-hydrogen) atoms. The number of ether oxygens (including phenoxy) is 3. The highest BCUT2D eigenvalue weighted by atomic mass is 16.7. The third-order valence-corrected chi connectivity index (χ3v) is 5.03. The summed E-state index contributed by atoms with van der Waals surface area (Å²) in [6.07, 6.45) is 11.1. The zero-order valence-corrected chi connectivity index (χ0v) is 14.5. The molecule has 2 saturated heterocycles. The van der Waals surface area contributed by atoms with Gasteiger partial charge in [-0.2, -0.15) is 0 Å². The molecule has 6 heteroatoms. The maximum atomic E-state index is 11.9. The van der Waals surface area contributed by atoms with Crippen LogP contribution in [0.1, 0.15) is 51.4 Å². The second kappa shape index (κ2) is 8.83. The first-order chi connectivity index (χ1) is 11.8. The average molecular weight is 338 g/mol. The van der Waals surface area contributed by atoms with Gasteiger partial charge in [0.1, 0.15) is 6.10 Å². The lowest BCUT2D eigenvalue weighted by molar-refractivity contribution is -0.210. The van der Waals surface area contributed by atoms with Crippen molar-refractivity contribution in [1.29, 1.82) is 0 Å². The first kappa shape index (κ1) is 17.7. The van der Waals surface area contributed by atoms with Crippen LogP contribution in [0.2, 0.25) is 0 Å². The van der Waals surface area contributed by atoms with E-state index in [1.807, 2.05) is 0 Å². The Kier molecular flexibility index (Phi) is 6.51. The molecule has 0 unspecified atom stereocenters. The first-order valence-corrected chi connectivity index (χ1v) is 9.35. The third-order valence-electron chi connectivity index (χ3n) is 5.03. The Hall–Kier alpha value is -1.11. The van der Waals surface area contributed by atoms with Crippen LogP contribution in [-0.4, -0.2) is 50.8 Å². The van der Waals surface area contributed by atoms with Crippen LogP contribution in [0.25, 0.3) is 0 Å². The van der Waals surface area contributed by atoms with Gasteiger partial charge in [0, 0.05) is 25.9 Å². The van der Waals surface area contributed by atoms with Gasteiger partial charge in [0.2, 0.25) is 0 Å². The van der Waals surface area contributed by atoms with Gasteiger partial charge in [-0.25, -0.2) is 4.79 Å². The summed E-state index contributed by atoms with van der Waals surface area (Å²) in [7, 11) is 0. The van der Waals surface area contributed by atoms with Crippen molar-refractivity contribution in [3.05, 3.63) is 11.6 Å². The second-order valence-corrected chi connectivity index (χ2v) is 6.92. The monoisotopic (exact) mass is 338 g/mol. The molecule has 2 aliphatic heterocycles. The fraction of sp³-hybridized carbons (Fsp3) is 0.833. The number of nitrogens with one attached hydrogen (secondary N) is 2. The number of rotatable bonds is 5. The topological polar surface area (TPSA) is 68.8 Å². The summed E-state index contributed by atoms with van der Waals surface area (Å²) in [5.41, 5.74) is 1.49. The molecule has 0 aromatic carbocycles. The zero-order valence-electron chi connectivity index (χ0n) is 14.5. The number of carbonyl (C=O) groups is 1. The SMILES string of the molecule is O=C(NCCC1=CCCCCC1)NC[C@H]1COC2(CCOCC2)O1. The van der Waals surface area contributed by atoms with Crippen LogP contribution in [0, 0.1) is 0 Å². The van der Waals surface area contributed by atoms with Gasteiger partial charge in [-0.15, -0.1) is 0 Å². The van der Waals surface area contributed by atoms with Gasteiger partial charge in [-0.05, 0) is 32.1 Å². The Labute approximate surface area is 144 Å². The van der Waals surface area contributed by atoms with E-state index < -0.39 is 5.79 Å². The molecule has 2 amide bonds. The molecule has 2 heterocycles. The summed E-state index contributed by atoms with van der Waals surface area (Å²) in [6, 6.07) is -0.124. The number of hydrogen-bond acceptors (Lipinski definition) is 4. The largest absolute Gasteiger partial charge is 0.381 e. The molecule has 1 aliphatic carbocycles. The molecule has 0 aromatic heterocycles. The Morgan fingerprint density at radius 1 is 1.21 bits per heavy atom. The van der Waals surface area contributed by atoms with Crippen molar-refractivity contribution < 1.29 is 19.0 Å². The van der Waals surface area contributed by atoms with Crippen LogP contribution in [0.5, 0.6) is 0 Å². The fourth-order valence-corrected chi connectivity index (χ4v) is 3.58. The van der Waals surface area contributed by atoms with Crippen molar-refractivity contribution in [3.8, 4) is 0 Å². The van der Waals surface area contributed by atoms with E-state index in [4.69, 9.17) is 14.2 Å². The van der Waals surface area contributed by atoms with Crippen molar-refractivity contribution in [2.45, 2.75) is 63.3 Å². The molecule has 3 aliphatic rings. The molecular formula is C18H30N2O4. The zero-order chi connectivity index (χ0) is 16.7. The number of hydrogen-bond donors (Lipinski definition) is 2. The number of allylic oxidation sites excluding steroid dienone is 1. The summed E-state index contributed by atoms with van der Waals surface area (Å²) in [4.78, 5) is 11.9. The van der Waals surface area contributed by atoms with Crippen molar-refractivity contribution in [1.82, 2.24) is 10.6 Å². The predicted molar refractivity (Wildman–Crippen MR) is 90.8 cm³/mol. The van der Waals surface area contributed by atoms with Gasteiger partial charge in [0.05, 0.1) is 19.8 Å². The minimum atomic E-state index is -0.479. The van der Waals surface area contributed by atoms with E-state index in [0.29, 0.717) is 32.9 Å². The molecule has 0 aromatic rings. The number of urea groups is 1. The quantitative estimate of drug-likeness (QED) is 0.756. The van der Waals surface area contributed by atoms with Crippen molar-refractivity contribution in [3.63, 3.8) is 0 Å². The summed E-state index contributed by atoms with van der Waals surface area (Å²) < 4.78 is 17.2. The van der Waals surface area contributed by atoms with Gasteiger partial charge < -0.3 is 24.8 Å². The molecule has 6 nitrogen and oxygen atoms in total. The van der Waals surface area contributed by atoms with Crippen LogP contribution in [0.15, 0.2) is 11.6 Å². The minimum Gasteiger partial charge on any atom is -0.381 e. The maximum Gasteiger partial charge on any atom is 0.314 e. The van der Waals surface area contributed by atoms with E-state index in [0.717, 1.165) is 19.3 Å². The number of carbonyl (C=O) groups excluding carboxylic acids is 1. The molecule has 136 valence electrons. The lowest BCUT2D eigenvalue weighted by atomic mass is 10.1. The van der Waals surface area contributed by atoms with E-state index in [9.17, 15) is 4.79 Å². The standard InChI is InChI=1S/C18H30N2O4/c21-17(19-10-7-15-5-3-1-2-4-6-15)20-13-16-14-23-18(24-16)8-11-22-12-9-18/h5,16H,1-4,6-14H2,(H2,19,20,21)/t16-/m0/s1. The highest BCUT2D eigenvalue weighted by molar-refractivity contribution is 5.73. The molecule has 2 N–H and O–H groups in total. The minimum absolute atomic E-state index is 0.0709. The van der Waals surface area contributed by atoms with Crippen LogP contribution < -0.4 is 10.6 Å². The van der Waals surface area contributed by atoms with Gasteiger partial charge in [0.25, 0.3) is 0 Å². The van der Waals surface area contributed by atoms with Gasteiger partial charge in [-0.1, -0.05) is 18.1 Å². The molecule has 1 spiro atoms. The third kappa shape index (κ3) is 5.19. The van der Waals surface area contributed by atoms with Crippen LogP contribution in [0.4, 0.5) is 4.79 Å². The van der Waals surface area contributed by atoms with E-state index in [2.05, 4.69) is 16.7 Å². The Balaban J connectivity index is 1.29. The van der Waals surface area contributed by atoms with Gasteiger partial charge >= 0.3 is 6.03 Å². The Bertz CT molecular complexity index is 446. The van der Waals surface area contributed by atoms with E-state index >= 15 is 0 Å². The van der Waals surface area contributed by atoms with E-state index in [-0.39, 0.29) is 12.1 Å². The normalized spacial score (nSPS) is 26.7. The molecule has 2 fully saturated rings. The summed E-state index contributed by atoms with van der Waals surface area (Å²) in [5, 5.41) is 5.83. The fourth-order valence-electron chi connectivity index (χ4n) is 3.58. The Morgan fingerprint density at radius 3 is 2.96 bits per heavy atom. The second-order valence-electron chi connectivity index (χ2n) is 6.92. The van der Waals surface area contributed by atoms with Crippen LogP contribution in [-0.2, 0) is 14.2 Å². The Morgan fingerprint density at radius 2 is 2.08 bits per heavy atom. The predicted octanol–water partition coefficient (Wildman–Crippen LogP) is 2.49.